The van der Waals surface area contributed by atoms with Gasteiger partial charge in [-0.25, -0.2) is 13.2 Å². The van der Waals surface area contributed by atoms with Gasteiger partial charge >= 0.3 is 5.97 Å². The number of hydrogen-bond donors (Lipinski definition) is 0. The second-order valence-electron chi connectivity index (χ2n) is 5.54. The highest BCUT2D eigenvalue weighted by Gasteiger charge is 2.34. The number of carbonyl (C=O) groups excluding carboxylic acids is 2. The van der Waals surface area contributed by atoms with Crippen molar-refractivity contribution in [1.29, 1.82) is 0 Å². The minimum Gasteiger partial charge on any atom is -0.497 e. The number of amides is 1. The van der Waals surface area contributed by atoms with E-state index in [1.165, 1.54) is 18.1 Å². The van der Waals surface area contributed by atoms with Crippen LogP contribution in [0.1, 0.15) is 23.7 Å². The molecule has 2 rings (SSSR count). The van der Waals surface area contributed by atoms with Gasteiger partial charge in [0.1, 0.15) is 5.75 Å². The Bertz CT molecular complexity index is 715. The van der Waals surface area contributed by atoms with E-state index >= 15 is 0 Å². The fraction of sp³-hybridized carbons (Fsp3) is 0.500. The molecule has 132 valence electrons. The third-order valence-corrected chi connectivity index (χ3v) is 5.69. The van der Waals surface area contributed by atoms with E-state index in [9.17, 15) is 18.0 Å². The van der Waals surface area contributed by atoms with E-state index in [-0.39, 0.29) is 23.1 Å². The van der Waals surface area contributed by atoms with Gasteiger partial charge in [-0.1, -0.05) is 6.07 Å². The number of nitrogens with zero attached hydrogens (tertiary/aromatic N) is 1. The van der Waals surface area contributed by atoms with Crippen LogP contribution in [0, 0.1) is 0 Å². The molecule has 0 aliphatic carbocycles. The van der Waals surface area contributed by atoms with Gasteiger partial charge in [-0.2, -0.15) is 0 Å². The van der Waals surface area contributed by atoms with Gasteiger partial charge in [0.2, 0.25) is 0 Å². The van der Waals surface area contributed by atoms with Crippen molar-refractivity contribution < 1.29 is 27.5 Å². The molecule has 1 fully saturated rings. The molecule has 0 spiro atoms. The van der Waals surface area contributed by atoms with Crippen LogP contribution in [0.5, 0.6) is 5.75 Å². The third-order valence-electron chi connectivity index (χ3n) is 3.94. The third kappa shape index (κ3) is 4.47. The zero-order valence-corrected chi connectivity index (χ0v) is 14.5. The van der Waals surface area contributed by atoms with Gasteiger partial charge in [-0.05, 0) is 31.5 Å². The average molecular weight is 355 g/mol. The summed E-state index contributed by atoms with van der Waals surface area (Å²) in [6.07, 6.45) is 0.422. The highest BCUT2D eigenvalue weighted by atomic mass is 32.2. The molecule has 8 heteroatoms. The number of sulfone groups is 1. The summed E-state index contributed by atoms with van der Waals surface area (Å²) in [7, 11) is -1.59. The number of benzene rings is 1. The Labute approximate surface area is 141 Å². The van der Waals surface area contributed by atoms with Crippen molar-refractivity contribution in [3.8, 4) is 5.75 Å². The monoisotopic (exact) mass is 355 g/mol. The Kier molecular flexibility index (Phi) is 5.82. The van der Waals surface area contributed by atoms with Crippen LogP contribution in [0.4, 0.5) is 0 Å². The highest BCUT2D eigenvalue weighted by Crippen LogP contribution is 2.18. The molecule has 0 bridgehead atoms. The summed E-state index contributed by atoms with van der Waals surface area (Å²) in [5.74, 6) is -0.447. The number of methoxy groups -OCH3 is 1. The van der Waals surface area contributed by atoms with E-state index in [2.05, 4.69) is 0 Å². The van der Waals surface area contributed by atoms with E-state index in [4.69, 9.17) is 9.47 Å². The first-order valence-electron chi connectivity index (χ1n) is 7.67. The quantitative estimate of drug-likeness (QED) is 0.704. The van der Waals surface area contributed by atoms with Crippen molar-refractivity contribution >= 4 is 21.7 Å². The molecular weight excluding hydrogens is 334 g/mol. The summed E-state index contributed by atoms with van der Waals surface area (Å²) in [6.45, 7) is 1.73. The molecule has 1 saturated heterocycles. The highest BCUT2D eigenvalue weighted by molar-refractivity contribution is 7.91. The number of esters is 1. The van der Waals surface area contributed by atoms with Crippen LogP contribution in [0.3, 0.4) is 0 Å². The average Bonchev–Trinajstić information content (AvgIpc) is 2.93. The summed E-state index contributed by atoms with van der Waals surface area (Å²) in [6, 6.07) is 6.09. The van der Waals surface area contributed by atoms with Crippen molar-refractivity contribution in [2.75, 3.05) is 31.8 Å². The summed E-state index contributed by atoms with van der Waals surface area (Å²) in [5.41, 5.74) is 0.286. The molecule has 7 nitrogen and oxygen atoms in total. The topological polar surface area (TPSA) is 90.0 Å². The first-order chi connectivity index (χ1) is 11.4. The molecule has 1 aliphatic heterocycles. The molecule has 1 atom stereocenters. The Morgan fingerprint density at radius 1 is 1.33 bits per heavy atom. The number of rotatable bonds is 6. The fourth-order valence-electron chi connectivity index (χ4n) is 2.70. The molecule has 1 aliphatic rings. The number of hydrogen-bond acceptors (Lipinski definition) is 6. The Morgan fingerprint density at radius 2 is 2.08 bits per heavy atom. The van der Waals surface area contributed by atoms with Crippen molar-refractivity contribution in [2.24, 2.45) is 0 Å². The maximum Gasteiger partial charge on any atom is 0.338 e. The Balaban J connectivity index is 1.94. The van der Waals surface area contributed by atoms with Crippen molar-refractivity contribution in [3.05, 3.63) is 29.8 Å². The second-order valence-corrected chi connectivity index (χ2v) is 7.77. The fourth-order valence-corrected chi connectivity index (χ4v) is 4.43. The lowest BCUT2D eigenvalue weighted by Gasteiger charge is -2.26. The molecule has 1 aromatic carbocycles. The molecule has 1 amide bonds. The summed E-state index contributed by atoms with van der Waals surface area (Å²) >= 11 is 0. The first kappa shape index (κ1) is 18.3. The van der Waals surface area contributed by atoms with Gasteiger partial charge in [-0.3, -0.25) is 4.79 Å². The SMILES string of the molecule is CCN(C(=O)COC(=O)c1cccc(OC)c1)[C@H]1CCS(=O)(=O)C1. The van der Waals surface area contributed by atoms with Crippen LogP contribution >= 0.6 is 0 Å². The molecule has 0 saturated carbocycles. The summed E-state index contributed by atoms with van der Waals surface area (Å²) < 4.78 is 33.2. The Hall–Kier alpha value is -2.09. The van der Waals surface area contributed by atoms with Crippen molar-refractivity contribution in [3.63, 3.8) is 0 Å². The lowest BCUT2D eigenvalue weighted by atomic mass is 10.2. The molecule has 1 heterocycles. The van der Waals surface area contributed by atoms with Crippen LogP contribution in [-0.4, -0.2) is 63.0 Å². The minimum absolute atomic E-state index is 0.0313. The van der Waals surface area contributed by atoms with E-state index in [0.717, 1.165) is 0 Å². The van der Waals surface area contributed by atoms with Crippen LogP contribution in [-0.2, 0) is 19.4 Å². The molecule has 0 aromatic heterocycles. The number of carbonyl (C=O) groups is 2. The van der Waals surface area contributed by atoms with Gasteiger partial charge in [0.25, 0.3) is 5.91 Å². The predicted molar refractivity (Wildman–Crippen MR) is 87.7 cm³/mol. The minimum atomic E-state index is -3.08. The molecule has 0 radical (unpaired) electrons. The van der Waals surface area contributed by atoms with Gasteiger partial charge in [0, 0.05) is 12.6 Å². The van der Waals surface area contributed by atoms with Crippen molar-refractivity contribution in [2.45, 2.75) is 19.4 Å². The molecular formula is C16H21NO6S. The summed E-state index contributed by atoms with van der Waals surface area (Å²) in [4.78, 5) is 25.7. The lowest BCUT2D eigenvalue weighted by Crippen LogP contribution is -2.43. The van der Waals surface area contributed by atoms with E-state index in [0.29, 0.717) is 18.7 Å². The maximum atomic E-state index is 12.3. The standard InChI is InChI=1S/C16H21NO6S/c1-3-17(13-7-8-24(20,21)11-13)15(18)10-23-16(19)12-5-4-6-14(9-12)22-2/h4-6,9,13H,3,7-8,10-11H2,1-2H3/t13-/m0/s1. The molecule has 0 N–H and O–H groups in total. The zero-order chi connectivity index (χ0) is 17.7. The largest absolute Gasteiger partial charge is 0.497 e. The van der Waals surface area contributed by atoms with Gasteiger partial charge in [-0.15, -0.1) is 0 Å². The van der Waals surface area contributed by atoms with Crippen LogP contribution in [0.25, 0.3) is 0 Å². The normalized spacial score (nSPS) is 18.8. The van der Waals surface area contributed by atoms with Crippen LogP contribution < -0.4 is 4.74 Å². The molecule has 0 unspecified atom stereocenters. The van der Waals surface area contributed by atoms with Crippen LogP contribution in [0.15, 0.2) is 24.3 Å². The van der Waals surface area contributed by atoms with Gasteiger partial charge < -0.3 is 14.4 Å². The maximum absolute atomic E-state index is 12.3. The van der Waals surface area contributed by atoms with E-state index in [1.807, 2.05) is 0 Å². The van der Waals surface area contributed by atoms with Crippen LogP contribution in [0.2, 0.25) is 0 Å². The zero-order valence-electron chi connectivity index (χ0n) is 13.7. The number of ether oxygens (including phenoxy) is 2. The molecule has 24 heavy (non-hydrogen) atoms. The number of likely N-dealkylation sites (N-methyl/N-ethyl adjacent to an activating group) is 1. The first-order valence-corrected chi connectivity index (χ1v) is 9.49. The predicted octanol–water partition coefficient (Wildman–Crippen LogP) is 0.888. The van der Waals surface area contributed by atoms with Gasteiger partial charge in [0.05, 0.1) is 24.2 Å². The second kappa shape index (κ2) is 7.65. The summed E-state index contributed by atoms with van der Waals surface area (Å²) in [5, 5.41) is 0. The van der Waals surface area contributed by atoms with Crippen molar-refractivity contribution in [1.82, 2.24) is 4.90 Å². The Morgan fingerprint density at radius 3 is 2.67 bits per heavy atom. The van der Waals surface area contributed by atoms with Gasteiger partial charge in [0.15, 0.2) is 16.4 Å². The lowest BCUT2D eigenvalue weighted by molar-refractivity contribution is -0.136. The van der Waals surface area contributed by atoms with E-state index in [1.54, 1.807) is 25.1 Å². The molecule has 1 aromatic rings. The van der Waals surface area contributed by atoms with E-state index < -0.39 is 28.3 Å². The smallest absolute Gasteiger partial charge is 0.338 e.